The van der Waals surface area contributed by atoms with Crippen LogP contribution in [0.1, 0.15) is 18.4 Å². The molecule has 0 unspecified atom stereocenters. The minimum absolute atomic E-state index is 0.165. The van der Waals surface area contributed by atoms with Gasteiger partial charge in [0.1, 0.15) is 5.82 Å². The number of piperazine rings is 1. The van der Waals surface area contributed by atoms with E-state index in [0.29, 0.717) is 28.9 Å². The van der Waals surface area contributed by atoms with Gasteiger partial charge in [0.2, 0.25) is 5.88 Å². The molecule has 0 saturated carbocycles. The Bertz CT molecular complexity index is 820. The monoisotopic (exact) mass is 469 g/mol. The lowest BCUT2D eigenvalue weighted by Gasteiger charge is -2.36. The van der Waals surface area contributed by atoms with Gasteiger partial charge in [-0.1, -0.05) is 17.7 Å². The molecule has 1 aromatic carbocycles. The lowest BCUT2D eigenvalue weighted by molar-refractivity contribution is 0.236. The number of nitrogens with zero attached hydrogens (tertiary/aromatic N) is 3. The van der Waals surface area contributed by atoms with Gasteiger partial charge in [-0.25, -0.2) is 0 Å². The van der Waals surface area contributed by atoms with Gasteiger partial charge in [0.25, 0.3) is 0 Å². The van der Waals surface area contributed by atoms with Crippen LogP contribution in [-0.4, -0.2) is 60.5 Å². The summed E-state index contributed by atoms with van der Waals surface area (Å²) in [6, 6.07) is 8.95. The Morgan fingerprint density at radius 3 is 2.57 bits per heavy atom. The predicted octanol–water partition coefficient (Wildman–Crippen LogP) is 3.76. The van der Waals surface area contributed by atoms with E-state index in [0.717, 1.165) is 51.3 Å². The van der Waals surface area contributed by atoms with Crippen molar-refractivity contribution in [3.8, 4) is 11.6 Å². The quantitative estimate of drug-likeness (QED) is 0.175. The number of phenols is 1. The van der Waals surface area contributed by atoms with Gasteiger partial charge in [0.05, 0.1) is 17.3 Å². The highest BCUT2D eigenvalue weighted by Crippen LogP contribution is 2.34. The number of aromatic hydroxyl groups is 1. The van der Waals surface area contributed by atoms with Crippen LogP contribution in [0.5, 0.6) is 11.6 Å². The molecule has 4 N–H and O–H groups in total. The van der Waals surface area contributed by atoms with E-state index in [9.17, 15) is 5.11 Å². The number of nitrogens with one attached hydrogen (secondary N) is 1. The van der Waals surface area contributed by atoms with Crippen molar-refractivity contribution >= 4 is 52.6 Å². The van der Waals surface area contributed by atoms with Crippen LogP contribution >= 0.6 is 34.9 Å². The minimum Gasteiger partial charge on any atom is -0.504 e. The summed E-state index contributed by atoms with van der Waals surface area (Å²) < 4.78 is 5.64. The number of para-hydroxylation sites is 1. The minimum atomic E-state index is 0.165. The highest BCUT2D eigenvalue weighted by atomic mass is 35.5. The maximum atomic E-state index is 10.1. The number of nitrogen functional groups attached to an aromatic ring is 1. The van der Waals surface area contributed by atoms with Crippen molar-refractivity contribution < 1.29 is 9.84 Å². The van der Waals surface area contributed by atoms with Crippen LogP contribution in [0.4, 0.5) is 11.5 Å². The average Bonchev–Trinajstić information content (AvgIpc) is 2.77. The van der Waals surface area contributed by atoms with Crippen molar-refractivity contribution in [1.29, 1.82) is 5.41 Å². The first-order valence-electron chi connectivity index (χ1n) is 9.63. The summed E-state index contributed by atoms with van der Waals surface area (Å²) in [4.78, 5) is 8.74. The van der Waals surface area contributed by atoms with E-state index in [1.54, 1.807) is 18.2 Å². The van der Waals surface area contributed by atoms with Crippen molar-refractivity contribution in [2.45, 2.75) is 12.8 Å². The number of thiol groups is 2. The summed E-state index contributed by atoms with van der Waals surface area (Å²) in [6.07, 6.45) is 3.15. The van der Waals surface area contributed by atoms with Gasteiger partial charge in [-0.05, 0) is 37.6 Å². The van der Waals surface area contributed by atoms with Crippen molar-refractivity contribution in [1.82, 2.24) is 9.88 Å². The molecule has 30 heavy (non-hydrogen) atoms. The molecule has 0 aliphatic carbocycles. The average molecular weight is 470 g/mol. The molecule has 1 aromatic heterocycles. The van der Waals surface area contributed by atoms with Crippen LogP contribution < -0.4 is 15.4 Å². The third kappa shape index (κ3) is 6.87. The standard InChI is InChI=1S/C20H26ClN5O2.H2S2/c21-16-4-3-5-17(19(16)27)26-11-9-25(10-12-26)8-1-2-13-28-18-7-6-15(14-22)20(23)24-18;1-2/h3-7,14,22,27H,1-2,8-13H2,(H2,23,24);1-2H. The van der Waals surface area contributed by atoms with Gasteiger partial charge in [0.15, 0.2) is 5.75 Å². The van der Waals surface area contributed by atoms with E-state index in [4.69, 9.17) is 27.5 Å². The molecule has 1 fully saturated rings. The van der Waals surface area contributed by atoms with Crippen molar-refractivity contribution in [3.05, 3.63) is 40.9 Å². The zero-order valence-corrected chi connectivity index (χ0v) is 19.2. The van der Waals surface area contributed by atoms with Crippen molar-refractivity contribution in [3.63, 3.8) is 0 Å². The summed E-state index contributed by atoms with van der Waals surface area (Å²) in [7, 11) is 0. The molecule has 1 aliphatic heterocycles. The smallest absolute Gasteiger partial charge is 0.215 e. The molecule has 0 radical (unpaired) electrons. The number of hydrogen-bond donors (Lipinski definition) is 5. The summed E-state index contributed by atoms with van der Waals surface area (Å²) in [5.74, 6) is 0.979. The Hall–Kier alpha value is -1.81. The molecule has 0 atom stereocenters. The summed E-state index contributed by atoms with van der Waals surface area (Å²) in [5, 5.41) is 17.7. The van der Waals surface area contributed by atoms with E-state index < -0.39 is 0 Å². The number of pyridine rings is 1. The molecule has 1 saturated heterocycles. The number of phenolic OH excluding ortho intramolecular Hbond substituents is 1. The van der Waals surface area contributed by atoms with E-state index in [2.05, 4.69) is 38.1 Å². The number of rotatable bonds is 8. The largest absolute Gasteiger partial charge is 0.504 e. The Balaban J connectivity index is 0.00000155. The van der Waals surface area contributed by atoms with E-state index in [-0.39, 0.29) is 5.75 Å². The second kappa shape index (κ2) is 12.8. The highest BCUT2D eigenvalue weighted by Gasteiger charge is 2.19. The van der Waals surface area contributed by atoms with E-state index in [1.165, 1.54) is 6.21 Å². The Kier molecular flexibility index (Phi) is 10.4. The Morgan fingerprint density at radius 2 is 1.90 bits per heavy atom. The normalized spacial score (nSPS) is 14.0. The Morgan fingerprint density at radius 1 is 1.17 bits per heavy atom. The molecule has 0 bridgehead atoms. The van der Waals surface area contributed by atoms with Gasteiger partial charge in [-0.3, -0.25) is 4.90 Å². The maximum absolute atomic E-state index is 10.1. The molecule has 164 valence electrons. The number of halogens is 1. The van der Waals surface area contributed by atoms with Crippen LogP contribution in [-0.2, 0) is 0 Å². The number of benzene rings is 1. The molecule has 3 rings (SSSR count). The lowest BCUT2D eigenvalue weighted by atomic mass is 10.2. The number of aromatic nitrogens is 1. The highest BCUT2D eigenvalue weighted by molar-refractivity contribution is 8.59. The lowest BCUT2D eigenvalue weighted by Crippen LogP contribution is -2.46. The molecular formula is C20H28ClN5O2S2. The number of nitrogens with two attached hydrogens (primary N) is 1. The fourth-order valence-corrected chi connectivity index (χ4v) is 3.42. The molecule has 2 aromatic rings. The first-order chi connectivity index (χ1) is 14.6. The number of unbranched alkanes of at least 4 members (excludes halogenated alkanes) is 1. The van der Waals surface area contributed by atoms with Crippen molar-refractivity contribution in [2.24, 2.45) is 0 Å². The van der Waals surface area contributed by atoms with Crippen LogP contribution in [0.25, 0.3) is 0 Å². The molecule has 2 heterocycles. The van der Waals surface area contributed by atoms with Gasteiger partial charge >= 0.3 is 0 Å². The van der Waals surface area contributed by atoms with Crippen LogP contribution in [0.2, 0.25) is 5.02 Å². The summed E-state index contributed by atoms with van der Waals surface area (Å²) in [6.45, 7) is 5.25. The molecule has 7 nitrogen and oxygen atoms in total. The zero-order chi connectivity index (χ0) is 21.9. The fraction of sp³-hybridized carbons (Fsp3) is 0.400. The van der Waals surface area contributed by atoms with Crippen LogP contribution in [0.15, 0.2) is 30.3 Å². The molecule has 0 amide bonds. The number of hydrogen-bond acceptors (Lipinski definition) is 9. The molecule has 0 spiro atoms. The second-order valence-electron chi connectivity index (χ2n) is 6.76. The maximum Gasteiger partial charge on any atom is 0.215 e. The molecular weight excluding hydrogens is 442 g/mol. The SMILES string of the molecule is N=Cc1ccc(OCCCCN2CCN(c3cccc(Cl)c3O)CC2)nc1N.SS. The van der Waals surface area contributed by atoms with Gasteiger partial charge < -0.3 is 25.9 Å². The van der Waals surface area contributed by atoms with Crippen LogP contribution in [0.3, 0.4) is 0 Å². The first kappa shape index (κ1) is 24.5. The topological polar surface area (TPSA) is 98.7 Å². The third-order valence-electron chi connectivity index (χ3n) is 4.88. The fourth-order valence-electron chi connectivity index (χ4n) is 3.26. The van der Waals surface area contributed by atoms with Gasteiger partial charge in [-0.15, -0.1) is 23.3 Å². The van der Waals surface area contributed by atoms with Gasteiger partial charge in [0, 0.05) is 44.0 Å². The van der Waals surface area contributed by atoms with E-state index >= 15 is 0 Å². The van der Waals surface area contributed by atoms with Crippen molar-refractivity contribution in [2.75, 3.05) is 50.0 Å². The predicted molar refractivity (Wildman–Crippen MR) is 131 cm³/mol. The first-order valence-corrected chi connectivity index (χ1v) is 11.6. The molecule has 1 aliphatic rings. The summed E-state index contributed by atoms with van der Waals surface area (Å²) in [5.41, 5.74) is 7.16. The zero-order valence-electron chi connectivity index (χ0n) is 16.7. The molecule has 10 heteroatoms. The Labute approximate surface area is 192 Å². The van der Waals surface area contributed by atoms with Crippen LogP contribution in [0, 0.1) is 5.41 Å². The summed E-state index contributed by atoms with van der Waals surface area (Å²) >= 11 is 12.5. The van der Waals surface area contributed by atoms with Gasteiger partial charge in [-0.2, -0.15) is 4.98 Å². The number of ether oxygens (including phenoxy) is 1. The third-order valence-corrected chi connectivity index (χ3v) is 5.19. The second-order valence-corrected chi connectivity index (χ2v) is 7.17. The number of anilines is 2. The van der Waals surface area contributed by atoms with E-state index in [1.807, 2.05) is 12.1 Å².